The van der Waals surface area contributed by atoms with Crippen LogP contribution in [0.5, 0.6) is 5.75 Å². The molecule has 1 heterocycles. The summed E-state index contributed by atoms with van der Waals surface area (Å²) in [6, 6.07) is 17.6. The molecule has 128 valence electrons. The number of nitrogens with one attached hydrogen (secondary N) is 2. The summed E-state index contributed by atoms with van der Waals surface area (Å²) in [4.78, 5) is 12.2. The van der Waals surface area contributed by atoms with Crippen LogP contribution in [0.25, 0.3) is 0 Å². The van der Waals surface area contributed by atoms with Gasteiger partial charge in [0.25, 0.3) is 5.91 Å². The second-order valence-corrected chi connectivity index (χ2v) is 5.82. The maximum absolute atomic E-state index is 12.2. The van der Waals surface area contributed by atoms with Crippen LogP contribution in [0.4, 0.5) is 0 Å². The van der Waals surface area contributed by atoms with E-state index in [1.54, 1.807) is 0 Å². The summed E-state index contributed by atoms with van der Waals surface area (Å²) in [5, 5.41) is 6.37. The van der Waals surface area contributed by atoms with E-state index in [1.165, 1.54) is 0 Å². The molecule has 1 aliphatic rings. The standard InChI is InChI=1S/C19H22N2O2.ClH/c22-19(21-17-7-4-12-20-13-17)16-8-10-18(11-9-16)23-14-15-5-2-1-3-6-15;/h1-3,5-6,8-11,17,20H,4,7,12-14H2,(H,21,22);1H/t17-;/m0./s1. The van der Waals surface area contributed by atoms with Gasteiger partial charge >= 0.3 is 0 Å². The third-order valence-corrected chi connectivity index (χ3v) is 4.00. The highest BCUT2D eigenvalue weighted by molar-refractivity contribution is 5.94. The monoisotopic (exact) mass is 346 g/mol. The number of benzene rings is 2. The van der Waals surface area contributed by atoms with Crippen LogP contribution in [0.1, 0.15) is 28.8 Å². The maximum atomic E-state index is 12.2. The Morgan fingerprint density at radius 3 is 2.54 bits per heavy atom. The first-order valence-corrected chi connectivity index (χ1v) is 8.09. The minimum absolute atomic E-state index is 0. The fourth-order valence-corrected chi connectivity index (χ4v) is 2.69. The lowest BCUT2D eigenvalue weighted by Crippen LogP contribution is -2.45. The van der Waals surface area contributed by atoms with Crippen molar-refractivity contribution in [1.82, 2.24) is 10.6 Å². The van der Waals surface area contributed by atoms with E-state index in [0.717, 1.165) is 37.2 Å². The number of hydrogen-bond acceptors (Lipinski definition) is 3. The Balaban J connectivity index is 0.00000208. The number of ether oxygens (including phenoxy) is 1. The first-order chi connectivity index (χ1) is 11.3. The summed E-state index contributed by atoms with van der Waals surface area (Å²) in [7, 11) is 0. The van der Waals surface area contributed by atoms with E-state index in [1.807, 2.05) is 54.6 Å². The van der Waals surface area contributed by atoms with Crippen molar-refractivity contribution in [2.75, 3.05) is 13.1 Å². The average Bonchev–Trinajstić information content (AvgIpc) is 2.62. The number of amides is 1. The van der Waals surface area contributed by atoms with Gasteiger partial charge in [0.15, 0.2) is 0 Å². The second kappa shape index (κ2) is 9.30. The molecule has 0 aromatic heterocycles. The van der Waals surface area contributed by atoms with Gasteiger partial charge in [-0.25, -0.2) is 0 Å². The molecule has 1 fully saturated rings. The van der Waals surface area contributed by atoms with Gasteiger partial charge < -0.3 is 15.4 Å². The van der Waals surface area contributed by atoms with E-state index >= 15 is 0 Å². The minimum Gasteiger partial charge on any atom is -0.489 e. The highest BCUT2D eigenvalue weighted by Gasteiger charge is 2.16. The number of carbonyl (C=O) groups excluding carboxylic acids is 1. The molecule has 24 heavy (non-hydrogen) atoms. The van der Waals surface area contributed by atoms with Gasteiger partial charge in [-0.2, -0.15) is 0 Å². The summed E-state index contributed by atoms with van der Waals surface area (Å²) >= 11 is 0. The van der Waals surface area contributed by atoms with Crippen LogP contribution in [0, 0.1) is 0 Å². The lowest BCUT2D eigenvalue weighted by atomic mass is 10.1. The fraction of sp³-hybridized carbons (Fsp3) is 0.316. The van der Waals surface area contributed by atoms with Crippen molar-refractivity contribution in [2.45, 2.75) is 25.5 Å². The zero-order valence-electron chi connectivity index (χ0n) is 13.5. The quantitative estimate of drug-likeness (QED) is 0.874. The Hall–Kier alpha value is -2.04. The molecular weight excluding hydrogens is 324 g/mol. The zero-order valence-corrected chi connectivity index (χ0v) is 14.4. The highest BCUT2D eigenvalue weighted by atomic mass is 35.5. The Morgan fingerprint density at radius 1 is 1.12 bits per heavy atom. The normalized spacial score (nSPS) is 16.8. The molecule has 1 aliphatic heterocycles. The number of rotatable bonds is 5. The zero-order chi connectivity index (χ0) is 15.9. The lowest BCUT2D eigenvalue weighted by molar-refractivity contribution is 0.0930. The Kier molecular flexibility index (Phi) is 7.09. The molecule has 0 spiro atoms. The minimum atomic E-state index is -0.0201. The molecular formula is C19H23ClN2O2. The molecule has 0 radical (unpaired) electrons. The van der Waals surface area contributed by atoms with Crippen molar-refractivity contribution in [3.05, 3.63) is 65.7 Å². The van der Waals surface area contributed by atoms with Crippen molar-refractivity contribution < 1.29 is 9.53 Å². The van der Waals surface area contributed by atoms with Crippen molar-refractivity contribution in [3.8, 4) is 5.75 Å². The Morgan fingerprint density at radius 2 is 1.88 bits per heavy atom. The van der Waals surface area contributed by atoms with E-state index in [2.05, 4.69) is 10.6 Å². The first-order valence-electron chi connectivity index (χ1n) is 8.09. The topological polar surface area (TPSA) is 50.4 Å². The first kappa shape index (κ1) is 18.3. The van der Waals surface area contributed by atoms with E-state index < -0.39 is 0 Å². The molecule has 1 saturated heterocycles. The third-order valence-electron chi connectivity index (χ3n) is 4.00. The van der Waals surface area contributed by atoms with E-state index in [9.17, 15) is 4.79 Å². The van der Waals surface area contributed by atoms with Crippen molar-refractivity contribution in [2.24, 2.45) is 0 Å². The maximum Gasteiger partial charge on any atom is 0.251 e. The fourth-order valence-electron chi connectivity index (χ4n) is 2.69. The van der Waals surface area contributed by atoms with Gasteiger partial charge in [0, 0.05) is 18.2 Å². The molecule has 0 saturated carbocycles. The molecule has 2 N–H and O–H groups in total. The average molecular weight is 347 g/mol. The predicted octanol–water partition coefficient (Wildman–Crippen LogP) is 3.17. The second-order valence-electron chi connectivity index (χ2n) is 5.82. The number of piperidine rings is 1. The molecule has 4 nitrogen and oxygen atoms in total. The van der Waals surface area contributed by atoms with Gasteiger partial charge in [0.1, 0.15) is 12.4 Å². The van der Waals surface area contributed by atoms with Crippen molar-refractivity contribution in [1.29, 1.82) is 0 Å². The molecule has 2 aromatic carbocycles. The van der Waals surface area contributed by atoms with Crippen LogP contribution in [0.2, 0.25) is 0 Å². The third kappa shape index (κ3) is 5.25. The molecule has 0 unspecified atom stereocenters. The Labute approximate surface area is 149 Å². The lowest BCUT2D eigenvalue weighted by Gasteiger charge is -2.23. The molecule has 5 heteroatoms. The summed E-state index contributed by atoms with van der Waals surface area (Å²) in [6.07, 6.45) is 2.15. The Bertz CT molecular complexity index is 626. The van der Waals surface area contributed by atoms with E-state index in [-0.39, 0.29) is 24.4 Å². The molecule has 0 bridgehead atoms. The number of carbonyl (C=O) groups is 1. The SMILES string of the molecule is Cl.O=C(N[C@H]1CCCNC1)c1ccc(OCc2ccccc2)cc1. The highest BCUT2D eigenvalue weighted by Crippen LogP contribution is 2.14. The van der Waals surface area contributed by atoms with Crippen molar-refractivity contribution >= 4 is 18.3 Å². The summed E-state index contributed by atoms with van der Waals surface area (Å²) in [6.45, 7) is 2.42. The largest absolute Gasteiger partial charge is 0.489 e. The summed E-state index contributed by atoms with van der Waals surface area (Å²) < 4.78 is 5.74. The van der Waals surface area contributed by atoms with Crippen LogP contribution in [0.3, 0.4) is 0 Å². The molecule has 1 amide bonds. The van der Waals surface area contributed by atoms with Gasteiger partial charge in [-0.1, -0.05) is 30.3 Å². The van der Waals surface area contributed by atoms with Gasteiger partial charge in [-0.3, -0.25) is 4.79 Å². The van der Waals surface area contributed by atoms with Crippen LogP contribution < -0.4 is 15.4 Å². The van der Waals surface area contributed by atoms with E-state index in [4.69, 9.17) is 4.74 Å². The smallest absolute Gasteiger partial charge is 0.251 e. The molecule has 3 rings (SSSR count). The predicted molar refractivity (Wildman–Crippen MR) is 97.8 cm³/mol. The number of hydrogen-bond donors (Lipinski definition) is 2. The van der Waals surface area contributed by atoms with Crippen LogP contribution in [0.15, 0.2) is 54.6 Å². The molecule has 1 atom stereocenters. The van der Waals surface area contributed by atoms with E-state index in [0.29, 0.717) is 12.2 Å². The van der Waals surface area contributed by atoms with Crippen LogP contribution >= 0.6 is 12.4 Å². The van der Waals surface area contributed by atoms with Crippen molar-refractivity contribution in [3.63, 3.8) is 0 Å². The van der Waals surface area contributed by atoms with Crippen LogP contribution in [-0.2, 0) is 6.61 Å². The summed E-state index contributed by atoms with van der Waals surface area (Å²) in [5.41, 5.74) is 1.79. The van der Waals surface area contributed by atoms with Gasteiger partial charge in [-0.05, 0) is 49.2 Å². The van der Waals surface area contributed by atoms with Crippen LogP contribution in [-0.4, -0.2) is 25.0 Å². The summed E-state index contributed by atoms with van der Waals surface area (Å²) in [5.74, 6) is 0.748. The van der Waals surface area contributed by atoms with Gasteiger partial charge in [-0.15, -0.1) is 12.4 Å². The molecule has 2 aromatic rings. The number of halogens is 1. The van der Waals surface area contributed by atoms with Gasteiger partial charge in [0.05, 0.1) is 0 Å². The van der Waals surface area contributed by atoms with Gasteiger partial charge in [0.2, 0.25) is 0 Å². The molecule has 0 aliphatic carbocycles.